The van der Waals surface area contributed by atoms with Gasteiger partial charge in [-0.2, -0.15) is 0 Å². The fourth-order valence-electron chi connectivity index (χ4n) is 3.58. The van der Waals surface area contributed by atoms with Crippen molar-refractivity contribution in [3.63, 3.8) is 0 Å². The Labute approximate surface area is 159 Å². The van der Waals surface area contributed by atoms with Crippen molar-refractivity contribution in [2.45, 2.75) is 32.4 Å². The summed E-state index contributed by atoms with van der Waals surface area (Å²) in [5, 5.41) is 1.89. The van der Waals surface area contributed by atoms with E-state index in [-0.39, 0.29) is 6.10 Å². The quantitative estimate of drug-likeness (QED) is 0.631. The van der Waals surface area contributed by atoms with Gasteiger partial charge in [0.15, 0.2) is 0 Å². The van der Waals surface area contributed by atoms with Gasteiger partial charge in [0.2, 0.25) is 0 Å². The summed E-state index contributed by atoms with van der Waals surface area (Å²) in [5.41, 5.74) is 3.31. The van der Waals surface area contributed by atoms with E-state index in [0.717, 1.165) is 59.8 Å². The van der Waals surface area contributed by atoms with E-state index >= 15 is 0 Å². The molecule has 4 rings (SSSR count). The van der Waals surface area contributed by atoms with Crippen LogP contribution in [0, 0.1) is 6.92 Å². The predicted molar refractivity (Wildman–Crippen MR) is 107 cm³/mol. The molecule has 0 N–H and O–H groups in total. The van der Waals surface area contributed by atoms with Gasteiger partial charge >= 0.3 is 0 Å². The van der Waals surface area contributed by atoms with Gasteiger partial charge in [-0.15, -0.1) is 0 Å². The van der Waals surface area contributed by atoms with Crippen LogP contribution in [0.15, 0.2) is 54.6 Å². The summed E-state index contributed by atoms with van der Waals surface area (Å²) >= 11 is 5.97. The number of ether oxygens (including phenoxy) is 1. The predicted octanol–water partition coefficient (Wildman–Crippen LogP) is 5.24. The van der Waals surface area contributed by atoms with Crippen LogP contribution in [0.25, 0.3) is 10.9 Å². The molecule has 0 aliphatic carbocycles. The van der Waals surface area contributed by atoms with Crippen LogP contribution in [0.4, 0.5) is 0 Å². The first kappa shape index (κ1) is 17.3. The van der Waals surface area contributed by atoms with Crippen LogP contribution in [0.3, 0.4) is 0 Å². The fourth-order valence-corrected chi connectivity index (χ4v) is 3.71. The number of fused-ring (bicyclic) bond motifs is 1. The lowest BCUT2D eigenvalue weighted by Gasteiger charge is -2.32. The van der Waals surface area contributed by atoms with Crippen LogP contribution in [0.2, 0.25) is 5.02 Å². The Bertz CT molecular complexity index is 886. The Morgan fingerprint density at radius 1 is 1.08 bits per heavy atom. The Morgan fingerprint density at radius 3 is 2.58 bits per heavy atom. The molecule has 2 aromatic carbocycles. The van der Waals surface area contributed by atoms with Crippen LogP contribution in [0.5, 0.6) is 5.75 Å². The number of hydrogen-bond acceptors (Lipinski definition) is 3. The third-order valence-electron chi connectivity index (χ3n) is 4.95. The number of halogens is 1. The van der Waals surface area contributed by atoms with Gasteiger partial charge in [-0.3, -0.25) is 9.88 Å². The van der Waals surface area contributed by atoms with Crippen LogP contribution in [-0.4, -0.2) is 29.1 Å². The van der Waals surface area contributed by atoms with E-state index < -0.39 is 0 Å². The molecule has 1 aliphatic heterocycles. The number of piperidine rings is 1. The van der Waals surface area contributed by atoms with E-state index in [4.69, 9.17) is 16.3 Å². The molecule has 1 fully saturated rings. The first-order valence-electron chi connectivity index (χ1n) is 9.17. The highest BCUT2D eigenvalue weighted by atomic mass is 35.5. The normalized spacial score (nSPS) is 16.1. The second-order valence-electron chi connectivity index (χ2n) is 7.00. The standard InChI is InChI=1S/C22H23ClN2O/c1-16-14-22(20-4-2-3-5-21(20)24-16)26-19-10-12-25(13-11-19)15-17-6-8-18(23)9-7-17/h2-9,14,19H,10-13,15H2,1H3. The number of likely N-dealkylation sites (tertiary alicyclic amines) is 1. The maximum atomic E-state index is 6.38. The molecule has 0 spiro atoms. The number of nitrogens with zero attached hydrogens (tertiary/aromatic N) is 2. The number of rotatable bonds is 4. The van der Waals surface area contributed by atoms with Crippen molar-refractivity contribution in [3.05, 3.63) is 70.9 Å². The molecule has 26 heavy (non-hydrogen) atoms. The van der Waals surface area contributed by atoms with Crippen LogP contribution >= 0.6 is 11.6 Å². The summed E-state index contributed by atoms with van der Waals surface area (Å²) in [5.74, 6) is 0.962. The van der Waals surface area contributed by atoms with Gasteiger partial charge in [0.25, 0.3) is 0 Å². The number of hydrogen-bond donors (Lipinski definition) is 0. The molecule has 0 unspecified atom stereocenters. The van der Waals surface area contributed by atoms with Crippen LogP contribution in [0.1, 0.15) is 24.1 Å². The molecule has 0 amide bonds. The lowest BCUT2D eigenvalue weighted by atomic mass is 10.1. The first-order valence-corrected chi connectivity index (χ1v) is 9.55. The molecule has 1 saturated heterocycles. The minimum absolute atomic E-state index is 0.265. The molecule has 134 valence electrons. The zero-order chi connectivity index (χ0) is 17.9. The minimum atomic E-state index is 0.265. The van der Waals surface area contributed by atoms with Crippen LogP contribution < -0.4 is 4.74 Å². The molecule has 3 aromatic rings. The molecule has 0 bridgehead atoms. The number of pyridine rings is 1. The number of para-hydroxylation sites is 1. The van der Waals surface area contributed by atoms with E-state index in [1.165, 1.54) is 5.56 Å². The second-order valence-corrected chi connectivity index (χ2v) is 7.44. The number of aryl methyl sites for hydroxylation is 1. The van der Waals surface area contributed by atoms with Gasteiger partial charge < -0.3 is 4.74 Å². The molecule has 0 saturated carbocycles. The highest BCUT2D eigenvalue weighted by Crippen LogP contribution is 2.28. The lowest BCUT2D eigenvalue weighted by Crippen LogP contribution is -2.37. The highest BCUT2D eigenvalue weighted by molar-refractivity contribution is 6.30. The van der Waals surface area contributed by atoms with Crippen molar-refractivity contribution in [1.29, 1.82) is 0 Å². The number of aromatic nitrogens is 1. The van der Waals surface area contributed by atoms with E-state index in [1.807, 2.05) is 37.3 Å². The molecule has 4 heteroatoms. The summed E-state index contributed by atoms with van der Waals surface area (Å²) in [7, 11) is 0. The number of benzene rings is 2. The summed E-state index contributed by atoms with van der Waals surface area (Å²) < 4.78 is 6.38. The largest absolute Gasteiger partial charge is 0.490 e. The van der Waals surface area contributed by atoms with E-state index in [9.17, 15) is 0 Å². The monoisotopic (exact) mass is 366 g/mol. The molecule has 1 aliphatic rings. The molecule has 2 heterocycles. The molecule has 0 atom stereocenters. The topological polar surface area (TPSA) is 25.4 Å². The summed E-state index contributed by atoms with van der Waals surface area (Å²) in [6.07, 6.45) is 2.36. The maximum Gasteiger partial charge on any atom is 0.130 e. The Kier molecular flexibility index (Phi) is 5.09. The van der Waals surface area contributed by atoms with Gasteiger partial charge in [0.05, 0.1) is 5.52 Å². The third-order valence-corrected chi connectivity index (χ3v) is 5.21. The second kappa shape index (κ2) is 7.65. The smallest absolute Gasteiger partial charge is 0.130 e. The molecular weight excluding hydrogens is 344 g/mol. The summed E-state index contributed by atoms with van der Waals surface area (Å²) in [6.45, 7) is 5.10. The SMILES string of the molecule is Cc1cc(OC2CCN(Cc3ccc(Cl)cc3)CC2)c2ccccc2n1. The average Bonchev–Trinajstić information content (AvgIpc) is 2.65. The summed E-state index contributed by atoms with van der Waals surface area (Å²) in [6, 6.07) is 18.4. The molecular formula is C22H23ClN2O. The van der Waals surface area contributed by atoms with E-state index in [2.05, 4.69) is 34.1 Å². The fraction of sp³-hybridized carbons (Fsp3) is 0.318. The zero-order valence-corrected chi connectivity index (χ0v) is 15.7. The van der Waals surface area contributed by atoms with Gasteiger partial charge in [0, 0.05) is 41.8 Å². The van der Waals surface area contributed by atoms with Gasteiger partial charge in [-0.25, -0.2) is 0 Å². The highest BCUT2D eigenvalue weighted by Gasteiger charge is 2.21. The van der Waals surface area contributed by atoms with Crippen molar-refractivity contribution >= 4 is 22.5 Å². The Morgan fingerprint density at radius 2 is 1.81 bits per heavy atom. The van der Waals surface area contributed by atoms with Crippen molar-refractivity contribution in [1.82, 2.24) is 9.88 Å². The first-order chi connectivity index (χ1) is 12.7. The van der Waals surface area contributed by atoms with Gasteiger partial charge in [-0.05, 0) is 49.6 Å². The van der Waals surface area contributed by atoms with Gasteiger partial charge in [-0.1, -0.05) is 35.9 Å². The summed E-state index contributed by atoms with van der Waals surface area (Å²) in [4.78, 5) is 7.08. The van der Waals surface area contributed by atoms with Crippen LogP contribution in [-0.2, 0) is 6.54 Å². The third kappa shape index (κ3) is 4.00. The van der Waals surface area contributed by atoms with Crippen molar-refractivity contribution in [2.75, 3.05) is 13.1 Å². The zero-order valence-electron chi connectivity index (χ0n) is 15.0. The average molecular weight is 367 g/mol. The maximum absolute atomic E-state index is 6.38. The Balaban J connectivity index is 1.39. The van der Waals surface area contributed by atoms with Crippen molar-refractivity contribution in [3.8, 4) is 5.75 Å². The molecule has 0 radical (unpaired) electrons. The van der Waals surface area contributed by atoms with Gasteiger partial charge in [0.1, 0.15) is 11.9 Å². The minimum Gasteiger partial charge on any atom is -0.490 e. The van der Waals surface area contributed by atoms with Crippen molar-refractivity contribution in [2.24, 2.45) is 0 Å². The molecule has 3 nitrogen and oxygen atoms in total. The lowest BCUT2D eigenvalue weighted by molar-refractivity contribution is 0.0979. The van der Waals surface area contributed by atoms with E-state index in [0.29, 0.717) is 0 Å². The van der Waals surface area contributed by atoms with E-state index in [1.54, 1.807) is 0 Å². The van der Waals surface area contributed by atoms with Crippen molar-refractivity contribution < 1.29 is 4.74 Å². The Hall–Kier alpha value is -2.10. The molecule has 1 aromatic heterocycles.